The van der Waals surface area contributed by atoms with Crippen LogP contribution in [0.25, 0.3) is 10.9 Å². The standard InChI is InChI=1S/C18H22N2O3/c1-22-15-4-2-3-13-5-6-16(19-17(13)15)20-9-14-10-23-8-7-18(14,11-20)12-21/h2-6,14,21H,7-12H2,1H3/t14-,18-/m1/s1. The molecule has 1 N–H and O–H groups in total. The summed E-state index contributed by atoms with van der Waals surface area (Å²) in [5.41, 5.74) is 0.840. The maximum Gasteiger partial charge on any atom is 0.145 e. The number of benzene rings is 1. The van der Waals surface area contributed by atoms with E-state index in [0.29, 0.717) is 5.92 Å². The number of aliphatic hydroxyl groups is 1. The molecule has 122 valence electrons. The Morgan fingerprint density at radius 1 is 1.39 bits per heavy atom. The molecular formula is C18H22N2O3. The minimum atomic E-state index is -0.0460. The third-order valence-corrected chi connectivity index (χ3v) is 5.40. The second kappa shape index (κ2) is 5.65. The molecule has 5 nitrogen and oxygen atoms in total. The summed E-state index contributed by atoms with van der Waals surface area (Å²) in [4.78, 5) is 7.11. The highest BCUT2D eigenvalue weighted by Crippen LogP contribution is 2.43. The Hall–Kier alpha value is -1.85. The maximum atomic E-state index is 9.95. The summed E-state index contributed by atoms with van der Waals surface area (Å²) >= 11 is 0. The van der Waals surface area contributed by atoms with E-state index in [1.807, 2.05) is 18.2 Å². The van der Waals surface area contributed by atoms with Gasteiger partial charge in [-0.25, -0.2) is 4.98 Å². The Kier molecular flexibility index (Phi) is 3.62. The van der Waals surface area contributed by atoms with Crippen LogP contribution in [0.4, 0.5) is 5.82 Å². The molecule has 0 saturated carbocycles. The van der Waals surface area contributed by atoms with Gasteiger partial charge in [-0.1, -0.05) is 12.1 Å². The van der Waals surface area contributed by atoms with Gasteiger partial charge >= 0.3 is 0 Å². The van der Waals surface area contributed by atoms with E-state index < -0.39 is 0 Å². The van der Waals surface area contributed by atoms with Crippen molar-refractivity contribution in [3.8, 4) is 5.75 Å². The van der Waals surface area contributed by atoms with E-state index in [4.69, 9.17) is 14.5 Å². The molecule has 1 aromatic carbocycles. The van der Waals surface area contributed by atoms with Crippen LogP contribution in [0.5, 0.6) is 5.75 Å². The predicted octanol–water partition coefficient (Wildman–Crippen LogP) is 2.08. The summed E-state index contributed by atoms with van der Waals surface area (Å²) in [5, 5.41) is 11.0. The minimum absolute atomic E-state index is 0.0460. The van der Waals surface area contributed by atoms with Crippen LogP contribution in [0.2, 0.25) is 0 Å². The molecule has 0 bridgehead atoms. The Bertz CT molecular complexity index is 720. The molecule has 1 aromatic heterocycles. The van der Waals surface area contributed by atoms with Gasteiger partial charge in [0.25, 0.3) is 0 Å². The summed E-state index contributed by atoms with van der Waals surface area (Å²) in [6.45, 7) is 3.41. The van der Waals surface area contributed by atoms with Crippen molar-refractivity contribution in [1.82, 2.24) is 4.98 Å². The van der Waals surface area contributed by atoms with Crippen molar-refractivity contribution in [3.05, 3.63) is 30.3 Å². The van der Waals surface area contributed by atoms with E-state index in [0.717, 1.165) is 55.2 Å². The molecule has 3 heterocycles. The first-order valence-corrected chi connectivity index (χ1v) is 8.13. The van der Waals surface area contributed by atoms with E-state index >= 15 is 0 Å². The number of hydrogen-bond donors (Lipinski definition) is 1. The molecule has 0 spiro atoms. The number of anilines is 1. The van der Waals surface area contributed by atoms with Crippen molar-refractivity contribution in [1.29, 1.82) is 0 Å². The SMILES string of the molecule is COc1cccc2ccc(N3C[C@@H]4COCC[C@]4(CO)C3)nc12. The van der Waals surface area contributed by atoms with Crippen LogP contribution in [0.3, 0.4) is 0 Å². The Labute approximate surface area is 135 Å². The number of para-hydroxylation sites is 1. The zero-order valence-electron chi connectivity index (χ0n) is 13.4. The zero-order chi connectivity index (χ0) is 15.9. The van der Waals surface area contributed by atoms with Gasteiger partial charge in [0, 0.05) is 36.4 Å². The molecule has 2 aliphatic heterocycles. The lowest BCUT2D eigenvalue weighted by Gasteiger charge is -2.36. The van der Waals surface area contributed by atoms with Gasteiger partial charge in [-0.15, -0.1) is 0 Å². The number of fused-ring (bicyclic) bond motifs is 2. The summed E-state index contributed by atoms with van der Waals surface area (Å²) < 4.78 is 11.1. The molecule has 0 aliphatic carbocycles. The van der Waals surface area contributed by atoms with Crippen LogP contribution in [-0.2, 0) is 4.74 Å². The van der Waals surface area contributed by atoms with Crippen molar-refractivity contribution in [3.63, 3.8) is 0 Å². The van der Waals surface area contributed by atoms with E-state index in [-0.39, 0.29) is 12.0 Å². The maximum absolute atomic E-state index is 9.95. The molecule has 4 rings (SSSR count). The third kappa shape index (κ3) is 2.35. The number of methoxy groups -OCH3 is 1. The van der Waals surface area contributed by atoms with Gasteiger partial charge < -0.3 is 19.5 Å². The second-order valence-electron chi connectivity index (χ2n) is 6.62. The van der Waals surface area contributed by atoms with Gasteiger partial charge in [0.05, 0.1) is 20.3 Å². The highest BCUT2D eigenvalue weighted by Gasteiger charge is 2.48. The molecule has 0 unspecified atom stereocenters. The average Bonchev–Trinajstić information content (AvgIpc) is 3.01. The van der Waals surface area contributed by atoms with Crippen LogP contribution < -0.4 is 9.64 Å². The highest BCUT2D eigenvalue weighted by atomic mass is 16.5. The Balaban J connectivity index is 1.70. The predicted molar refractivity (Wildman–Crippen MR) is 89.0 cm³/mol. The fraction of sp³-hybridized carbons (Fsp3) is 0.500. The summed E-state index contributed by atoms with van der Waals surface area (Å²) in [6, 6.07) is 10.1. The molecule has 2 aromatic rings. The quantitative estimate of drug-likeness (QED) is 0.940. The van der Waals surface area contributed by atoms with Gasteiger partial charge in [-0.2, -0.15) is 0 Å². The molecule has 2 fully saturated rings. The first-order valence-electron chi connectivity index (χ1n) is 8.13. The zero-order valence-corrected chi connectivity index (χ0v) is 13.4. The minimum Gasteiger partial charge on any atom is -0.494 e. The number of pyridine rings is 1. The van der Waals surface area contributed by atoms with Crippen LogP contribution in [-0.4, -0.2) is 50.1 Å². The lowest BCUT2D eigenvalue weighted by atomic mass is 9.75. The van der Waals surface area contributed by atoms with Crippen LogP contribution in [0.1, 0.15) is 6.42 Å². The van der Waals surface area contributed by atoms with E-state index in [1.54, 1.807) is 7.11 Å². The molecule has 0 amide bonds. The number of aliphatic hydroxyl groups excluding tert-OH is 1. The van der Waals surface area contributed by atoms with E-state index in [1.165, 1.54) is 0 Å². The number of aromatic nitrogens is 1. The van der Waals surface area contributed by atoms with Crippen LogP contribution in [0, 0.1) is 11.3 Å². The third-order valence-electron chi connectivity index (χ3n) is 5.40. The van der Waals surface area contributed by atoms with Crippen LogP contribution >= 0.6 is 0 Å². The molecular weight excluding hydrogens is 292 g/mol. The summed E-state index contributed by atoms with van der Waals surface area (Å²) in [5.74, 6) is 2.11. The molecule has 2 saturated heterocycles. The molecule has 0 radical (unpaired) electrons. The van der Waals surface area contributed by atoms with Gasteiger partial charge in [-0.3, -0.25) is 0 Å². The fourth-order valence-electron chi connectivity index (χ4n) is 3.93. The van der Waals surface area contributed by atoms with Crippen molar-refractivity contribution < 1.29 is 14.6 Å². The lowest BCUT2D eigenvalue weighted by molar-refractivity contribution is -0.0410. The summed E-state index contributed by atoms with van der Waals surface area (Å²) in [7, 11) is 1.67. The number of ether oxygens (including phenoxy) is 2. The Morgan fingerprint density at radius 3 is 3.09 bits per heavy atom. The highest BCUT2D eigenvalue weighted by molar-refractivity contribution is 5.86. The van der Waals surface area contributed by atoms with Crippen molar-refractivity contribution in [2.45, 2.75) is 6.42 Å². The van der Waals surface area contributed by atoms with Gasteiger partial charge in [0.1, 0.15) is 17.1 Å². The largest absolute Gasteiger partial charge is 0.494 e. The monoisotopic (exact) mass is 314 g/mol. The Morgan fingerprint density at radius 2 is 2.30 bits per heavy atom. The molecule has 2 aliphatic rings. The average molecular weight is 314 g/mol. The van der Waals surface area contributed by atoms with E-state index in [2.05, 4.69) is 17.0 Å². The van der Waals surface area contributed by atoms with Gasteiger partial charge in [0.15, 0.2) is 0 Å². The molecule has 23 heavy (non-hydrogen) atoms. The molecule has 2 atom stereocenters. The number of rotatable bonds is 3. The lowest BCUT2D eigenvalue weighted by Crippen LogP contribution is -2.41. The summed E-state index contributed by atoms with van der Waals surface area (Å²) in [6.07, 6.45) is 0.918. The topological polar surface area (TPSA) is 54.8 Å². The second-order valence-corrected chi connectivity index (χ2v) is 6.62. The van der Waals surface area contributed by atoms with Gasteiger partial charge in [0.2, 0.25) is 0 Å². The molecule has 5 heteroatoms. The van der Waals surface area contributed by atoms with Crippen molar-refractivity contribution in [2.75, 3.05) is 44.9 Å². The number of nitrogens with zero attached hydrogens (tertiary/aromatic N) is 2. The normalized spacial score (nSPS) is 27.2. The first kappa shape index (κ1) is 14.7. The van der Waals surface area contributed by atoms with Crippen molar-refractivity contribution >= 4 is 16.7 Å². The van der Waals surface area contributed by atoms with Crippen LogP contribution in [0.15, 0.2) is 30.3 Å². The van der Waals surface area contributed by atoms with E-state index in [9.17, 15) is 5.11 Å². The fourth-order valence-corrected chi connectivity index (χ4v) is 3.93. The first-order chi connectivity index (χ1) is 11.3. The number of hydrogen-bond acceptors (Lipinski definition) is 5. The van der Waals surface area contributed by atoms with Gasteiger partial charge in [-0.05, 0) is 24.6 Å². The van der Waals surface area contributed by atoms with Crippen molar-refractivity contribution in [2.24, 2.45) is 11.3 Å². The smallest absolute Gasteiger partial charge is 0.145 e.